The number of nitrogens with two attached hydrogens (primary N) is 1. The number of hydrogen-bond acceptors (Lipinski definition) is 4. The van der Waals surface area contributed by atoms with Crippen molar-refractivity contribution in [2.24, 2.45) is 5.14 Å². The summed E-state index contributed by atoms with van der Waals surface area (Å²) in [7, 11) is -3.80. The minimum Gasteiger partial charge on any atom is -0.489 e. The zero-order valence-corrected chi connectivity index (χ0v) is 12.9. The van der Waals surface area contributed by atoms with Crippen LogP contribution in [0.25, 0.3) is 0 Å². The van der Waals surface area contributed by atoms with Crippen molar-refractivity contribution in [3.05, 3.63) is 23.3 Å². The second-order valence-electron chi connectivity index (χ2n) is 5.41. The molecule has 6 heteroatoms. The summed E-state index contributed by atoms with van der Waals surface area (Å²) in [4.78, 5) is 0.0426. The number of ether oxygens (including phenoxy) is 2. The van der Waals surface area contributed by atoms with Crippen LogP contribution >= 0.6 is 0 Å². The molecule has 0 aromatic heterocycles. The molecule has 0 spiro atoms. The summed E-state index contributed by atoms with van der Waals surface area (Å²) in [5.41, 5.74) is 1.60. The van der Waals surface area contributed by atoms with E-state index in [0.717, 1.165) is 24.0 Å². The highest BCUT2D eigenvalue weighted by Gasteiger charge is 2.24. The molecular weight excluding hydrogens is 278 g/mol. The molecule has 112 valence electrons. The Morgan fingerprint density at radius 2 is 2.05 bits per heavy atom. The SMILES string of the molecule is Cc1cc(C)c(OCC2CCC(C)O2)c(S(N)(=O)=O)c1. The van der Waals surface area contributed by atoms with E-state index in [1.807, 2.05) is 26.8 Å². The molecule has 1 aliphatic heterocycles. The Labute approximate surface area is 120 Å². The fraction of sp³-hybridized carbons (Fsp3) is 0.571. The number of benzene rings is 1. The number of aryl methyl sites for hydroxylation is 2. The highest BCUT2D eigenvalue weighted by Crippen LogP contribution is 2.29. The molecule has 2 rings (SSSR count). The highest BCUT2D eigenvalue weighted by molar-refractivity contribution is 7.89. The lowest BCUT2D eigenvalue weighted by Gasteiger charge is -2.17. The van der Waals surface area contributed by atoms with Gasteiger partial charge in [-0.05, 0) is 50.8 Å². The van der Waals surface area contributed by atoms with Crippen molar-refractivity contribution in [2.45, 2.75) is 50.7 Å². The molecule has 2 N–H and O–H groups in total. The van der Waals surface area contributed by atoms with Gasteiger partial charge < -0.3 is 9.47 Å². The van der Waals surface area contributed by atoms with Crippen LogP contribution in [-0.2, 0) is 14.8 Å². The lowest BCUT2D eigenvalue weighted by molar-refractivity contribution is 0.0256. The van der Waals surface area contributed by atoms with Crippen molar-refractivity contribution < 1.29 is 17.9 Å². The summed E-state index contributed by atoms with van der Waals surface area (Å²) >= 11 is 0. The zero-order chi connectivity index (χ0) is 14.9. The Kier molecular flexibility index (Phi) is 4.36. The van der Waals surface area contributed by atoms with E-state index in [9.17, 15) is 8.42 Å². The number of sulfonamides is 1. The van der Waals surface area contributed by atoms with Gasteiger partial charge in [-0.15, -0.1) is 0 Å². The summed E-state index contributed by atoms with van der Waals surface area (Å²) in [6.07, 6.45) is 2.18. The van der Waals surface area contributed by atoms with Gasteiger partial charge in [0.05, 0.1) is 12.2 Å². The maximum atomic E-state index is 11.7. The second-order valence-corrected chi connectivity index (χ2v) is 6.94. The van der Waals surface area contributed by atoms with Crippen LogP contribution in [0.2, 0.25) is 0 Å². The van der Waals surface area contributed by atoms with E-state index >= 15 is 0 Å². The van der Waals surface area contributed by atoms with Crippen LogP contribution in [-0.4, -0.2) is 27.2 Å². The van der Waals surface area contributed by atoms with Gasteiger partial charge in [-0.1, -0.05) is 6.07 Å². The van der Waals surface area contributed by atoms with Gasteiger partial charge in [0.25, 0.3) is 0 Å². The van der Waals surface area contributed by atoms with Gasteiger partial charge in [-0.25, -0.2) is 13.6 Å². The molecule has 1 aliphatic rings. The predicted octanol–water partition coefficient (Wildman–Crippen LogP) is 1.90. The molecule has 1 saturated heterocycles. The molecule has 0 radical (unpaired) electrons. The zero-order valence-electron chi connectivity index (χ0n) is 12.0. The Morgan fingerprint density at radius 1 is 1.35 bits per heavy atom. The molecule has 1 aromatic rings. The van der Waals surface area contributed by atoms with Gasteiger partial charge in [0, 0.05) is 0 Å². The summed E-state index contributed by atoms with van der Waals surface area (Å²) in [5, 5.41) is 5.26. The maximum Gasteiger partial charge on any atom is 0.241 e. The quantitative estimate of drug-likeness (QED) is 0.921. The topological polar surface area (TPSA) is 78.6 Å². The number of primary sulfonamides is 1. The fourth-order valence-corrected chi connectivity index (χ4v) is 3.32. The summed E-state index contributed by atoms with van der Waals surface area (Å²) in [5.74, 6) is 0.334. The van der Waals surface area contributed by atoms with Crippen LogP contribution in [0.3, 0.4) is 0 Å². The normalized spacial score (nSPS) is 23.0. The maximum absolute atomic E-state index is 11.7. The van der Waals surface area contributed by atoms with E-state index in [-0.39, 0.29) is 17.1 Å². The van der Waals surface area contributed by atoms with E-state index in [2.05, 4.69) is 0 Å². The molecule has 0 bridgehead atoms. The highest BCUT2D eigenvalue weighted by atomic mass is 32.2. The van der Waals surface area contributed by atoms with E-state index in [4.69, 9.17) is 14.6 Å². The van der Waals surface area contributed by atoms with Gasteiger partial charge in [0.1, 0.15) is 17.3 Å². The van der Waals surface area contributed by atoms with Crippen LogP contribution in [0, 0.1) is 13.8 Å². The van der Waals surface area contributed by atoms with Gasteiger partial charge in [0.15, 0.2) is 0 Å². The Balaban J connectivity index is 2.22. The smallest absolute Gasteiger partial charge is 0.241 e. The van der Waals surface area contributed by atoms with E-state index in [0.29, 0.717) is 12.4 Å². The first kappa shape index (κ1) is 15.3. The predicted molar refractivity (Wildman–Crippen MR) is 76.4 cm³/mol. The Morgan fingerprint density at radius 3 is 2.60 bits per heavy atom. The average molecular weight is 299 g/mol. The van der Waals surface area contributed by atoms with E-state index in [1.54, 1.807) is 0 Å². The van der Waals surface area contributed by atoms with Crippen molar-refractivity contribution in [1.29, 1.82) is 0 Å². The minimum absolute atomic E-state index is 0.0130. The third-order valence-electron chi connectivity index (χ3n) is 3.42. The first-order valence-corrected chi connectivity index (χ1v) is 8.24. The van der Waals surface area contributed by atoms with Crippen LogP contribution in [0.5, 0.6) is 5.75 Å². The molecule has 1 heterocycles. The van der Waals surface area contributed by atoms with Crippen LogP contribution in [0.1, 0.15) is 30.9 Å². The molecule has 1 aromatic carbocycles. The van der Waals surface area contributed by atoms with E-state index in [1.165, 1.54) is 6.07 Å². The molecule has 0 saturated carbocycles. The standard InChI is InChI=1S/C14H21NO4S/c1-9-6-10(2)14(13(7-9)20(15,16)17)18-8-12-5-4-11(3)19-12/h6-7,11-12H,4-5,8H2,1-3H3,(H2,15,16,17). The van der Waals surface area contributed by atoms with Gasteiger partial charge in [-0.3, -0.25) is 0 Å². The Hall–Kier alpha value is -1.11. The van der Waals surface area contributed by atoms with Gasteiger partial charge in [-0.2, -0.15) is 0 Å². The van der Waals surface area contributed by atoms with Crippen molar-refractivity contribution in [3.8, 4) is 5.75 Å². The lowest BCUT2D eigenvalue weighted by atomic mass is 10.1. The molecular formula is C14H21NO4S. The summed E-state index contributed by atoms with van der Waals surface area (Å²) in [6, 6.07) is 3.41. The van der Waals surface area contributed by atoms with Crippen molar-refractivity contribution in [1.82, 2.24) is 0 Å². The first-order valence-electron chi connectivity index (χ1n) is 6.69. The van der Waals surface area contributed by atoms with Crippen LogP contribution in [0.15, 0.2) is 17.0 Å². The van der Waals surface area contributed by atoms with Gasteiger partial charge in [0.2, 0.25) is 10.0 Å². The molecule has 2 unspecified atom stereocenters. The van der Waals surface area contributed by atoms with Gasteiger partial charge >= 0.3 is 0 Å². The van der Waals surface area contributed by atoms with E-state index < -0.39 is 10.0 Å². The summed E-state index contributed by atoms with van der Waals surface area (Å²) < 4.78 is 34.7. The monoisotopic (exact) mass is 299 g/mol. The molecule has 0 amide bonds. The van der Waals surface area contributed by atoms with Crippen molar-refractivity contribution in [3.63, 3.8) is 0 Å². The lowest BCUT2D eigenvalue weighted by Crippen LogP contribution is -2.20. The van der Waals surface area contributed by atoms with Crippen LogP contribution in [0.4, 0.5) is 0 Å². The van der Waals surface area contributed by atoms with Crippen LogP contribution < -0.4 is 9.88 Å². The molecule has 2 atom stereocenters. The second kappa shape index (κ2) is 5.71. The minimum atomic E-state index is -3.80. The third kappa shape index (κ3) is 3.50. The third-order valence-corrected chi connectivity index (χ3v) is 4.34. The largest absolute Gasteiger partial charge is 0.489 e. The number of hydrogen-bond donors (Lipinski definition) is 1. The molecule has 1 fully saturated rings. The molecule has 5 nitrogen and oxygen atoms in total. The van der Waals surface area contributed by atoms with Crippen molar-refractivity contribution >= 4 is 10.0 Å². The molecule has 20 heavy (non-hydrogen) atoms. The number of rotatable bonds is 4. The fourth-order valence-electron chi connectivity index (χ4n) is 2.50. The summed E-state index contributed by atoms with van der Waals surface area (Å²) in [6.45, 7) is 6.01. The molecule has 0 aliphatic carbocycles. The first-order chi connectivity index (χ1) is 9.27. The average Bonchev–Trinajstić information content (AvgIpc) is 2.72. The van der Waals surface area contributed by atoms with Crippen molar-refractivity contribution in [2.75, 3.05) is 6.61 Å². The Bertz CT molecular complexity index is 597.